The van der Waals surface area contributed by atoms with E-state index in [0.717, 1.165) is 23.4 Å². The quantitative estimate of drug-likeness (QED) is 0.437. The second-order valence-electron chi connectivity index (χ2n) is 8.88. The van der Waals surface area contributed by atoms with Crippen molar-refractivity contribution in [3.63, 3.8) is 0 Å². The molecular formula is C29H32N2O3. The van der Waals surface area contributed by atoms with E-state index >= 15 is 0 Å². The summed E-state index contributed by atoms with van der Waals surface area (Å²) < 4.78 is 5.83. The molecule has 0 N–H and O–H groups in total. The zero-order valence-corrected chi connectivity index (χ0v) is 20.1. The lowest BCUT2D eigenvalue weighted by Gasteiger charge is -2.44. The molecule has 0 saturated heterocycles. The fraction of sp³-hybridized carbons (Fsp3) is 0.310. The summed E-state index contributed by atoms with van der Waals surface area (Å²) in [5.74, 6) is 0.611. The largest absolute Gasteiger partial charge is 0.484 e. The SMILES string of the molecule is CCC(C)C(=O)N1c2ccccc2C(N(C(=O)COc2ccccc2)c2ccccc2)CC1C. The molecule has 1 aliphatic heterocycles. The number of carbonyl (C=O) groups is 2. The number of rotatable bonds is 7. The molecule has 5 nitrogen and oxygen atoms in total. The summed E-state index contributed by atoms with van der Waals surface area (Å²) in [5.41, 5.74) is 2.68. The monoisotopic (exact) mass is 456 g/mol. The molecule has 0 fully saturated rings. The molecular weight excluding hydrogens is 424 g/mol. The Morgan fingerprint density at radius 1 is 0.971 bits per heavy atom. The van der Waals surface area contributed by atoms with Crippen molar-refractivity contribution in [2.75, 3.05) is 16.4 Å². The van der Waals surface area contributed by atoms with Gasteiger partial charge in [-0.05, 0) is 55.7 Å². The van der Waals surface area contributed by atoms with E-state index in [9.17, 15) is 9.59 Å². The van der Waals surface area contributed by atoms with Gasteiger partial charge in [-0.1, -0.05) is 68.4 Å². The van der Waals surface area contributed by atoms with Crippen LogP contribution < -0.4 is 14.5 Å². The number of para-hydroxylation sites is 3. The fourth-order valence-corrected chi connectivity index (χ4v) is 4.59. The lowest BCUT2D eigenvalue weighted by molar-refractivity contribution is -0.122. The third-order valence-electron chi connectivity index (χ3n) is 6.55. The second kappa shape index (κ2) is 10.6. The number of amides is 2. The topological polar surface area (TPSA) is 49.9 Å². The number of anilines is 2. The van der Waals surface area contributed by atoms with Crippen LogP contribution in [0, 0.1) is 5.92 Å². The summed E-state index contributed by atoms with van der Waals surface area (Å²) in [6.45, 7) is 6.01. The molecule has 1 aliphatic rings. The molecule has 5 heteroatoms. The molecule has 4 rings (SSSR count). The Hall–Kier alpha value is -3.60. The standard InChI is InChI=1S/C29H32N2O3/c1-4-21(2)29(33)30-22(3)19-27(25-17-11-12-18-26(25)30)31(23-13-7-5-8-14-23)28(32)20-34-24-15-9-6-10-16-24/h5-18,21-22,27H,4,19-20H2,1-3H3. The van der Waals surface area contributed by atoms with Gasteiger partial charge in [-0.25, -0.2) is 0 Å². The van der Waals surface area contributed by atoms with Crippen molar-refractivity contribution < 1.29 is 14.3 Å². The van der Waals surface area contributed by atoms with E-state index in [1.807, 2.05) is 109 Å². The first-order valence-corrected chi connectivity index (χ1v) is 12.0. The maximum Gasteiger partial charge on any atom is 0.265 e. The van der Waals surface area contributed by atoms with Crippen LogP contribution in [0.25, 0.3) is 0 Å². The molecule has 0 saturated carbocycles. The molecule has 0 aliphatic carbocycles. The van der Waals surface area contributed by atoms with Gasteiger partial charge in [-0.2, -0.15) is 0 Å². The summed E-state index contributed by atoms with van der Waals surface area (Å²) in [5, 5.41) is 0. The molecule has 3 aromatic rings. The van der Waals surface area contributed by atoms with E-state index in [0.29, 0.717) is 12.2 Å². The van der Waals surface area contributed by atoms with Gasteiger partial charge < -0.3 is 14.5 Å². The van der Waals surface area contributed by atoms with Crippen LogP contribution in [0.5, 0.6) is 5.75 Å². The van der Waals surface area contributed by atoms with Crippen LogP contribution in [0.4, 0.5) is 11.4 Å². The highest BCUT2D eigenvalue weighted by Crippen LogP contribution is 2.42. The first-order valence-electron chi connectivity index (χ1n) is 12.0. The van der Waals surface area contributed by atoms with Crippen molar-refractivity contribution in [1.29, 1.82) is 0 Å². The highest BCUT2D eigenvalue weighted by molar-refractivity contribution is 5.99. The van der Waals surface area contributed by atoms with Gasteiger partial charge in [-0.3, -0.25) is 9.59 Å². The number of hydrogen-bond acceptors (Lipinski definition) is 3. The van der Waals surface area contributed by atoms with Gasteiger partial charge in [0.2, 0.25) is 5.91 Å². The minimum atomic E-state index is -0.207. The van der Waals surface area contributed by atoms with E-state index in [4.69, 9.17) is 4.74 Å². The second-order valence-corrected chi connectivity index (χ2v) is 8.88. The Bertz CT molecular complexity index is 1120. The normalized spacial score (nSPS) is 18.0. The van der Waals surface area contributed by atoms with Crippen LogP contribution in [0.1, 0.15) is 45.2 Å². The summed E-state index contributed by atoms with van der Waals surface area (Å²) in [6, 6.07) is 26.8. The number of benzene rings is 3. The first kappa shape index (κ1) is 23.6. The van der Waals surface area contributed by atoms with Crippen LogP contribution in [0.2, 0.25) is 0 Å². The van der Waals surface area contributed by atoms with Crippen molar-refractivity contribution in [3.8, 4) is 5.75 Å². The van der Waals surface area contributed by atoms with Crippen LogP contribution in [-0.2, 0) is 9.59 Å². The number of carbonyl (C=O) groups excluding carboxylic acids is 2. The lowest BCUT2D eigenvalue weighted by atomic mass is 9.88. The molecule has 0 radical (unpaired) electrons. The van der Waals surface area contributed by atoms with Crippen molar-refractivity contribution >= 4 is 23.2 Å². The first-order chi connectivity index (χ1) is 16.5. The number of nitrogens with zero attached hydrogens (tertiary/aromatic N) is 2. The van der Waals surface area contributed by atoms with Crippen LogP contribution in [0.15, 0.2) is 84.9 Å². The molecule has 3 atom stereocenters. The molecule has 176 valence electrons. The van der Waals surface area contributed by atoms with Gasteiger partial charge in [0, 0.05) is 23.3 Å². The average Bonchev–Trinajstić information content (AvgIpc) is 2.88. The van der Waals surface area contributed by atoms with Crippen molar-refractivity contribution in [1.82, 2.24) is 0 Å². The van der Waals surface area contributed by atoms with E-state index in [1.165, 1.54) is 0 Å². The Morgan fingerprint density at radius 2 is 1.59 bits per heavy atom. The molecule has 3 unspecified atom stereocenters. The van der Waals surface area contributed by atoms with Crippen molar-refractivity contribution in [2.24, 2.45) is 5.92 Å². The molecule has 2 amide bonds. The maximum atomic E-state index is 13.6. The Kier molecular flexibility index (Phi) is 7.31. The van der Waals surface area contributed by atoms with Crippen LogP contribution >= 0.6 is 0 Å². The minimum Gasteiger partial charge on any atom is -0.484 e. The van der Waals surface area contributed by atoms with Gasteiger partial charge >= 0.3 is 0 Å². The van der Waals surface area contributed by atoms with E-state index in [1.54, 1.807) is 0 Å². The average molecular weight is 457 g/mol. The molecule has 34 heavy (non-hydrogen) atoms. The Labute approximate surface area is 202 Å². The molecule has 0 aromatic heterocycles. The zero-order chi connectivity index (χ0) is 24.1. The van der Waals surface area contributed by atoms with Crippen molar-refractivity contribution in [2.45, 2.75) is 45.7 Å². The number of ether oxygens (including phenoxy) is 1. The summed E-state index contributed by atoms with van der Waals surface area (Å²) >= 11 is 0. The van der Waals surface area contributed by atoms with Crippen molar-refractivity contribution in [3.05, 3.63) is 90.5 Å². The third-order valence-corrected chi connectivity index (χ3v) is 6.55. The van der Waals surface area contributed by atoms with Gasteiger partial charge in [0.15, 0.2) is 6.61 Å². The summed E-state index contributed by atoms with van der Waals surface area (Å²) in [7, 11) is 0. The minimum absolute atomic E-state index is 0.0459. The van der Waals surface area contributed by atoms with E-state index in [-0.39, 0.29) is 36.4 Å². The van der Waals surface area contributed by atoms with E-state index < -0.39 is 0 Å². The van der Waals surface area contributed by atoms with Gasteiger partial charge in [-0.15, -0.1) is 0 Å². The van der Waals surface area contributed by atoms with Gasteiger partial charge in [0.25, 0.3) is 5.91 Å². The summed E-state index contributed by atoms with van der Waals surface area (Å²) in [6.07, 6.45) is 1.43. The molecule has 0 spiro atoms. The third kappa shape index (κ3) is 4.84. The van der Waals surface area contributed by atoms with Gasteiger partial charge in [0.05, 0.1) is 6.04 Å². The van der Waals surface area contributed by atoms with E-state index in [2.05, 4.69) is 6.92 Å². The number of hydrogen-bond donors (Lipinski definition) is 0. The summed E-state index contributed by atoms with van der Waals surface area (Å²) in [4.78, 5) is 30.7. The van der Waals surface area contributed by atoms with Crippen LogP contribution in [0.3, 0.4) is 0 Å². The highest BCUT2D eigenvalue weighted by Gasteiger charge is 2.39. The fourth-order valence-electron chi connectivity index (χ4n) is 4.59. The molecule has 3 aromatic carbocycles. The van der Waals surface area contributed by atoms with Crippen LogP contribution in [-0.4, -0.2) is 24.5 Å². The lowest BCUT2D eigenvalue weighted by Crippen LogP contribution is -2.49. The zero-order valence-electron chi connectivity index (χ0n) is 20.1. The number of fused-ring (bicyclic) bond motifs is 1. The molecule has 0 bridgehead atoms. The molecule has 1 heterocycles. The highest BCUT2D eigenvalue weighted by atomic mass is 16.5. The smallest absolute Gasteiger partial charge is 0.265 e. The Morgan fingerprint density at radius 3 is 2.26 bits per heavy atom. The predicted octanol–water partition coefficient (Wildman–Crippen LogP) is 6.01. The Balaban J connectivity index is 1.71. The maximum absolute atomic E-state index is 13.6. The van der Waals surface area contributed by atoms with Gasteiger partial charge in [0.1, 0.15) is 5.75 Å². The predicted molar refractivity (Wildman–Crippen MR) is 136 cm³/mol.